The summed E-state index contributed by atoms with van der Waals surface area (Å²) in [6.07, 6.45) is 0.913. The van der Waals surface area contributed by atoms with Gasteiger partial charge in [0.2, 0.25) is 0 Å². The van der Waals surface area contributed by atoms with Crippen LogP contribution >= 0.6 is 0 Å². The van der Waals surface area contributed by atoms with Crippen molar-refractivity contribution >= 4 is 5.91 Å². The predicted octanol–water partition coefficient (Wildman–Crippen LogP) is 1.48. The first kappa shape index (κ1) is 11.1. The van der Waals surface area contributed by atoms with Gasteiger partial charge in [0.15, 0.2) is 0 Å². The fourth-order valence-electron chi connectivity index (χ4n) is 2.28. The zero-order valence-electron chi connectivity index (χ0n) is 9.86. The number of hydrogen-bond donors (Lipinski definition) is 1. The minimum absolute atomic E-state index is 0.128. The third-order valence-electron chi connectivity index (χ3n) is 3.21. The maximum Gasteiger partial charge on any atom is 0.254 e. The van der Waals surface area contributed by atoms with Crippen LogP contribution < -0.4 is 5.73 Å². The number of amides is 1. The normalized spacial score (nSPS) is 20.2. The van der Waals surface area contributed by atoms with Gasteiger partial charge in [0.1, 0.15) is 0 Å². The quantitative estimate of drug-likeness (QED) is 0.776. The van der Waals surface area contributed by atoms with Crippen molar-refractivity contribution in [3.8, 4) is 0 Å². The molecule has 1 heterocycles. The van der Waals surface area contributed by atoms with E-state index in [1.165, 1.54) is 0 Å². The highest BCUT2D eigenvalue weighted by atomic mass is 16.2. The van der Waals surface area contributed by atoms with Gasteiger partial charge in [-0.05, 0) is 31.4 Å². The molecule has 1 aliphatic rings. The monoisotopic (exact) mass is 218 g/mol. The Labute approximate surface area is 96.2 Å². The molecular weight excluding hydrogens is 200 g/mol. The highest BCUT2D eigenvalue weighted by molar-refractivity contribution is 5.97. The molecular formula is C13H18N2O. The van der Waals surface area contributed by atoms with Crippen molar-refractivity contribution in [3.05, 3.63) is 34.9 Å². The zero-order chi connectivity index (χ0) is 11.7. The molecule has 1 saturated heterocycles. The number of nitrogens with two attached hydrogens (primary N) is 1. The summed E-state index contributed by atoms with van der Waals surface area (Å²) < 4.78 is 0. The first-order valence-electron chi connectivity index (χ1n) is 5.70. The van der Waals surface area contributed by atoms with E-state index < -0.39 is 0 Å². The van der Waals surface area contributed by atoms with Crippen LogP contribution in [-0.4, -0.2) is 29.9 Å². The van der Waals surface area contributed by atoms with Crippen molar-refractivity contribution in [2.75, 3.05) is 13.1 Å². The van der Waals surface area contributed by atoms with E-state index in [1.54, 1.807) is 0 Å². The molecule has 2 rings (SSSR count). The van der Waals surface area contributed by atoms with Crippen LogP contribution in [0.3, 0.4) is 0 Å². The van der Waals surface area contributed by atoms with Gasteiger partial charge < -0.3 is 10.6 Å². The van der Waals surface area contributed by atoms with E-state index in [4.69, 9.17) is 5.73 Å². The van der Waals surface area contributed by atoms with Gasteiger partial charge in [0, 0.05) is 24.7 Å². The van der Waals surface area contributed by atoms with Crippen molar-refractivity contribution < 1.29 is 4.79 Å². The van der Waals surface area contributed by atoms with E-state index in [1.807, 2.05) is 36.9 Å². The fourth-order valence-corrected chi connectivity index (χ4v) is 2.28. The van der Waals surface area contributed by atoms with Gasteiger partial charge in [0.05, 0.1) is 0 Å². The molecule has 0 aromatic heterocycles. The second-order valence-corrected chi connectivity index (χ2v) is 4.57. The zero-order valence-corrected chi connectivity index (χ0v) is 9.86. The van der Waals surface area contributed by atoms with E-state index in [0.717, 1.165) is 29.7 Å². The summed E-state index contributed by atoms with van der Waals surface area (Å²) in [4.78, 5) is 14.2. The number of rotatable bonds is 1. The average Bonchev–Trinajstić information content (AvgIpc) is 2.64. The van der Waals surface area contributed by atoms with Crippen molar-refractivity contribution in [2.24, 2.45) is 5.73 Å². The number of nitrogens with zero attached hydrogens (tertiary/aromatic N) is 1. The second kappa shape index (κ2) is 4.26. The van der Waals surface area contributed by atoms with Crippen molar-refractivity contribution in [1.82, 2.24) is 4.90 Å². The lowest BCUT2D eigenvalue weighted by molar-refractivity contribution is 0.0789. The van der Waals surface area contributed by atoms with Crippen LogP contribution in [0.1, 0.15) is 27.9 Å². The van der Waals surface area contributed by atoms with Crippen molar-refractivity contribution in [1.29, 1.82) is 0 Å². The Balaban J connectivity index is 2.27. The van der Waals surface area contributed by atoms with Gasteiger partial charge in [-0.1, -0.05) is 18.2 Å². The van der Waals surface area contributed by atoms with Crippen LogP contribution in [0.25, 0.3) is 0 Å². The molecule has 2 N–H and O–H groups in total. The Hall–Kier alpha value is -1.35. The van der Waals surface area contributed by atoms with E-state index >= 15 is 0 Å². The summed E-state index contributed by atoms with van der Waals surface area (Å²) in [6.45, 7) is 5.44. The van der Waals surface area contributed by atoms with Gasteiger partial charge >= 0.3 is 0 Å². The predicted molar refractivity (Wildman–Crippen MR) is 64.4 cm³/mol. The SMILES string of the molecule is Cc1cccc(C)c1C(=O)N1CC[C@@H](N)C1. The Kier molecular flexibility index (Phi) is 2.97. The van der Waals surface area contributed by atoms with E-state index in [0.29, 0.717) is 6.54 Å². The number of aryl methyl sites for hydroxylation is 2. The third-order valence-corrected chi connectivity index (χ3v) is 3.21. The number of hydrogen-bond acceptors (Lipinski definition) is 2. The van der Waals surface area contributed by atoms with Crippen molar-refractivity contribution in [2.45, 2.75) is 26.3 Å². The van der Waals surface area contributed by atoms with Gasteiger partial charge in [-0.15, -0.1) is 0 Å². The van der Waals surface area contributed by atoms with Crippen LogP contribution in [0.5, 0.6) is 0 Å². The molecule has 1 fully saturated rings. The summed E-state index contributed by atoms with van der Waals surface area (Å²) in [5.41, 5.74) is 8.76. The van der Waals surface area contributed by atoms with Crippen LogP contribution in [-0.2, 0) is 0 Å². The molecule has 1 aliphatic heterocycles. The molecule has 3 heteroatoms. The summed E-state index contributed by atoms with van der Waals surface area (Å²) in [6, 6.07) is 6.09. The first-order chi connectivity index (χ1) is 7.59. The molecule has 3 nitrogen and oxygen atoms in total. The Morgan fingerprint density at radius 3 is 2.50 bits per heavy atom. The summed E-state index contributed by atoms with van der Waals surface area (Å²) in [5.74, 6) is 0.128. The molecule has 1 aromatic rings. The minimum atomic E-state index is 0.128. The van der Waals surface area contributed by atoms with E-state index in [2.05, 4.69) is 0 Å². The molecule has 0 aliphatic carbocycles. The molecule has 0 spiro atoms. The van der Waals surface area contributed by atoms with Crippen LogP contribution in [0.2, 0.25) is 0 Å². The average molecular weight is 218 g/mol. The maximum atomic E-state index is 12.3. The Bertz CT molecular complexity index is 394. The highest BCUT2D eigenvalue weighted by Gasteiger charge is 2.26. The Morgan fingerprint density at radius 2 is 2.00 bits per heavy atom. The van der Waals surface area contributed by atoms with Gasteiger partial charge in [-0.25, -0.2) is 0 Å². The molecule has 16 heavy (non-hydrogen) atoms. The van der Waals surface area contributed by atoms with Gasteiger partial charge in [0.25, 0.3) is 5.91 Å². The first-order valence-corrected chi connectivity index (χ1v) is 5.70. The van der Waals surface area contributed by atoms with E-state index in [9.17, 15) is 4.79 Å². The largest absolute Gasteiger partial charge is 0.337 e. The van der Waals surface area contributed by atoms with Crippen LogP contribution in [0.15, 0.2) is 18.2 Å². The number of likely N-dealkylation sites (tertiary alicyclic amines) is 1. The molecule has 1 amide bonds. The molecule has 0 unspecified atom stereocenters. The topological polar surface area (TPSA) is 46.3 Å². The van der Waals surface area contributed by atoms with E-state index in [-0.39, 0.29) is 11.9 Å². The highest BCUT2D eigenvalue weighted by Crippen LogP contribution is 2.18. The summed E-state index contributed by atoms with van der Waals surface area (Å²) in [7, 11) is 0. The van der Waals surface area contributed by atoms with Crippen molar-refractivity contribution in [3.63, 3.8) is 0 Å². The number of benzene rings is 1. The van der Waals surface area contributed by atoms with Gasteiger partial charge in [-0.2, -0.15) is 0 Å². The molecule has 1 atom stereocenters. The summed E-state index contributed by atoms with van der Waals surface area (Å²) >= 11 is 0. The van der Waals surface area contributed by atoms with Crippen LogP contribution in [0.4, 0.5) is 0 Å². The smallest absolute Gasteiger partial charge is 0.254 e. The molecule has 86 valence electrons. The molecule has 0 saturated carbocycles. The third kappa shape index (κ3) is 1.95. The van der Waals surface area contributed by atoms with Crippen LogP contribution in [0, 0.1) is 13.8 Å². The standard InChI is InChI=1S/C13H18N2O/c1-9-4-3-5-10(2)12(9)13(16)15-7-6-11(14)8-15/h3-5,11H,6-8,14H2,1-2H3/t11-/m1/s1. The molecule has 1 aromatic carbocycles. The lowest BCUT2D eigenvalue weighted by Crippen LogP contribution is -2.32. The number of carbonyl (C=O) groups is 1. The maximum absolute atomic E-state index is 12.3. The Morgan fingerprint density at radius 1 is 1.38 bits per heavy atom. The molecule has 0 radical (unpaired) electrons. The fraction of sp³-hybridized carbons (Fsp3) is 0.462. The minimum Gasteiger partial charge on any atom is -0.337 e. The lowest BCUT2D eigenvalue weighted by Gasteiger charge is -2.18. The lowest BCUT2D eigenvalue weighted by atomic mass is 10.0. The number of carbonyl (C=O) groups excluding carboxylic acids is 1. The van der Waals surface area contributed by atoms with Gasteiger partial charge in [-0.3, -0.25) is 4.79 Å². The molecule has 0 bridgehead atoms. The summed E-state index contributed by atoms with van der Waals surface area (Å²) in [5, 5.41) is 0. The second-order valence-electron chi connectivity index (χ2n) is 4.57.